The Kier molecular flexibility index (Phi) is 11.9. The molecule has 1 aliphatic rings. The van der Waals surface area contributed by atoms with E-state index in [1.54, 1.807) is 12.1 Å². The van der Waals surface area contributed by atoms with Gasteiger partial charge in [0.2, 0.25) is 0 Å². The topological polar surface area (TPSA) is 12.0 Å². The van der Waals surface area contributed by atoms with Crippen LogP contribution in [0.25, 0.3) is 11.3 Å². The maximum Gasteiger partial charge on any atom is 0.270 e. The van der Waals surface area contributed by atoms with Crippen LogP contribution in [0.3, 0.4) is 0 Å². The first-order chi connectivity index (χ1) is 18.9. The molecule has 1 atom stereocenters. The molecule has 1 N–H and O–H groups in total. The van der Waals surface area contributed by atoms with Crippen LogP contribution in [0.4, 0.5) is 8.78 Å². The Hall–Kier alpha value is -3.20. The Bertz CT molecular complexity index is 1240. The molecule has 1 aliphatic carbocycles. The molecule has 3 aromatic rings. The van der Waals surface area contributed by atoms with Gasteiger partial charge < -0.3 is 5.32 Å². The van der Waals surface area contributed by atoms with Crippen LogP contribution < -0.4 is 5.32 Å². The van der Waals surface area contributed by atoms with Crippen molar-refractivity contribution < 1.29 is 8.78 Å². The standard InChI is InChI=1S/C25H31N.C10H12F2.C2H6/c1-7-25(15-16-25)24-10-8-9-23(18(24)4)20(6)26-19(5)22-13-11-21(12-14-22)17(2)3;1-3-8-4-6-9(7-5-8)10(2,11)12;1-2/h8-14,19,26H,2,6-7,15-16H2,1,3-5H3;4-7H,3H2,1-2H3;1-2H3. The summed E-state index contributed by atoms with van der Waals surface area (Å²) in [4.78, 5) is 0. The van der Waals surface area contributed by atoms with Crippen molar-refractivity contribution in [2.45, 2.75) is 98.5 Å². The van der Waals surface area contributed by atoms with Crippen LogP contribution in [0, 0.1) is 6.92 Å². The summed E-state index contributed by atoms with van der Waals surface area (Å²) >= 11 is 0. The average Bonchev–Trinajstić information content (AvgIpc) is 3.75. The molecule has 0 bridgehead atoms. The van der Waals surface area contributed by atoms with Gasteiger partial charge in [-0.05, 0) is 79.7 Å². The van der Waals surface area contributed by atoms with E-state index in [4.69, 9.17) is 0 Å². The lowest BCUT2D eigenvalue weighted by Gasteiger charge is -2.23. The number of hydrogen-bond donors (Lipinski definition) is 1. The van der Waals surface area contributed by atoms with E-state index in [-0.39, 0.29) is 11.6 Å². The summed E-state index contributed by atoms with van der Waals surface area (Å²) in [6.45, 7) is 24.0. The van der Waals surface area contributed by atoms with Crippen LogP contribution in [0.15, 0.2) is 79.9 Å². The third-order valence-electron chi connectivity index (χ3n) is 7.92. The number of alkyl halides is 2. The fraction of sp³-hybridized carbons (Fsp3) is 0.405. The molecule has 0 aromatic heterocycles. The van der Waals surface area contributed by atoms with Crippen LogP contribution in [-0.2, 0) is 17.8 Å². The lowest BCUT2D eigenvalue weighted by Crippen LogP contribution is -2.18. The predicted molar refractivity (Wildman–Crippen MR) is 171 cm³/mol. The van der Waals surface area contributed by atoms with Crippen molar-refractivity contribution in [3.8, 4) is 0 Å². The molecule has 3 heteroatoms. The van der Waals surface area contributed by atoms with Crippen LogP contribution in [0.5, 0.6) is 0 Å². The molecule has 0 amide bonds. The second kappa shape index (κ2) is 14.4. The van der Waals surface area contributed by atoms with E-state index in [0.717, 1.165) is 30.2 Å². The number of benzene rings is 3. The third kappa shape index (κ3) is 8.40. The van der Waals surface area contributed by atoms with E-state index in [1.165, 1.54) is 59.2 Å². The zero-order chi connectivity index (χ0) is 30.1. The number of rotatable bonds is 9. The van der Waals surface area contributed by atoms with Gasteiger partial charge in [0.25, 0.3) is 5.92 Å². The molecule has 0 heterocycles. The van der Waals surface area contributed by atoms with Gasteiger partial charge in [0, 0.05) is 29.8 Å². The van der Waals surface area contributed by atoms with Gasteiger partial charge in [-0.2, -0.15) is 0 Å². The van der Waals surface area contributed by atoms with Gasteiger partial charge >= 0.3 is 0 Å². The summed E-state index contributed by atoms with van der Waals surface area (Å²) in [7, 11) is 0. The maximum atomic E-state index is 12.7. The van der Waals surface area contributed by atoms with Gasteiger partial charge in [0.05, 0.1) is 0 Å². The molecule has 0 spiro atoms. The monoisotopic (exact) mass is 545 g/mol. The zero-order valence-corrected chi connectivity index (χ0v) is 25.9. The highest BCUT2D eigenvalue weighted by Crippen LogP contribution is 2.52. The molecule has 1 fully saturated rings. The average molecular weight is 546 g/mol. The molecule has 1 unspecified atom stereocenters. The van der Waals surface area contributed by atoms with E-state index in [2.05, 4.69) is 81.7 Å². The van der Waals surface area contributed by atoms with Crippen LogP contribution in [0.2, 0.25) is 0 Å². The summed E-state index contributed by atoms with van der Waals surface area (Å²) in [5, 5.41) is 3.60. The lowest BCUT2D eigenvalue weighted by molar-refractivity contribution is 0.0174. The minimum atomic E-state index is -2.72. The summed E-state index contributed by atoms with van der Waals surface area (Å²) in [6, 6.07) is 22.0. The van der Waals surface area contributed by atoms with Gasteiger partial charge in [0.15, 0.2) is 0 Å². The second-order valence-electron chi connectivity index (χ2n) is 10.8. The Labute approximate surface area is 242 Å². The molecule has 0 aliphatic heterocycles. The van der Waals surface area contributed by atoms with Crippen molar-refractivity contribution >= 4 is 11.3 Å². The number of allylic oxidation sites excluding steroid dienone is 1. The molecule has 40 heavy (non-hydrogen) atoms. The largest absolute Gasteiger partial charge is 0.379 e. The Morgan fingerprint density at radius 1 is 0.950 bits per heavy atom. The minimum Gasteiger partial charge on any atom is -0.379 e. The first-order valence-electron chi connectivity index (χ1n) is 14.7. The normalized spacial score (nSPS) is 14.1. The first kappa shape index (κ1) is 33.0. The molecule has 3 aromatic carbocycles. The Balaban J connectivity index is 0.000000336. The van der Waals surface area contributed by atoms with Gasteiger partial charge in [-0.15, -0.1) is 0 Å². The molecule has 4 rings (SSSR count). The third-order valence-corrected chi connectivity index (χ3v) is 7.92. The number of hydrogen-bond acceptors (Lipinski definition) is 1. The van der Waals surface area contributed by atoms with Crippen molar-refractivity contribution in [3.63, 3.8) is 0 Å². The van der Waals surface area contributed by atoms with Gasteiger partial charge in [-0.25, -0.2) is 8.78 Å². The van der Waals surface area contributed by atoms with Crippen molar-refractivity contribution in [2.75, 3.05) is 0 Å². The first-order valence-corrected chi connectivity index (χ1v) is 14.7. The molecule has 0 saturated heterocycles. The van der Waals surface area contributed by atoms with E-state index in [1.807, 2.05) is 27.7 Å². The summed E-state index contributed by atoms with van der Waals surface area (Å²) < 4.78 is 25.4. The molecule has 0 radical (unpaired) electrons. The molecular formula is C37H49F2N. The summed E-state index contributed by atoms with van der Waals surface area (Å²) in [5.74, 6) is -2.72. The van der Waals surface area contributed by atoms with Gasteiger partial charge in [0.1, 0.15) is 0 Å². The predicted octanol–water partition coefficient (Wildman–Crippen LogP) is 11.2. The number of aryl methyl sites for hydroxylation is 1. The zero-order valence-electron chi connectivity index (χ0n) is 25.9. The van der Waals surface area contributed by atoms with Crippen LogP contribution in [0.1, 0.15) is 113 Å². The van der Waals surface area contributed by atoms with E-state index in [9.17, 15) is 8.78 Å². The highest BCUT2D eigenvalue weighted by Gasteiger charge is 2.43. The van der Waals surface area contributed by atoms with E-state index >= 15 is 0 Å². The Morgan fingerprint density at radius 2 is 1.52 bits per heavy atom. The van der Waals surface area contributed by atoms with Crippen molar-refractivity contribution in [1.29, 1.82) is 0 Å². The highest BCUT2D eigenvalue weighted by molar-refractivity contribution is 5.67. The maximum absolute atomic E-state index is 12.7. The second-order valence-corrected chi connectivity index (χ2v) is 10.8. The quantitative estimate of drug-likeness (QED) is 0.282. The highest BCUT2D eigenvalue weighted by atomic mass is 19.3. The molecule has 1 nitrogen and oxygen atoms in total. The SMILES string of the molecule is C=C(C)c1ccc(C(C)NC(=C)c2cccc(C3(CC)CC3)c2C)cc1.CC.CCc1ccc(C(C)(F)F)cc1. The van der Waals surface area contributed by atoms with Crippen molar-refractivity contribution in [1.82, 2.24) is 5.32 Å². The minimum absolute atomic E-state index is 0.0831. The number of halogens is 2. The summed E-state index contributed by atoms with van der Waals surface area (Å²) in [5.41, 5.74) is 10.3. The van der Waals surface area contributed by atoms with Crippen LogP contribution in [-0.4, -0.2) is 0 Å². The van der Waals surface area contributed by atoms with Crippen molar-refractivity contribution in [2.24, 2.45) is 0 Å². The van der Waals surface area contributed by atoms with Crippen LogP contribution >= 0.6 is 0 Å². The molecule has 216 valence electrons. The smallest absolute Gasteiger partial charge is 0.270 e. The van der Waals surface area contributed by atoms with E-state index in [0.29, 0.717) is 5.41 Å². The van der Waals surface area contributed by atoms with Crippen molar-refractivity contribution in [3.05, 3.63) is 119 Å². The number of nitrogens with one attached hydrogen (secondary N) is 1. The van der Waals surface area contributed by atoms with Gasteiger partial charge in [-0.3, -0.25) is 0 Å². The fourth-order valence-electron chi connectivity index (χ4n) is 5.01. The lowest BCUT2D eigenvalue weighted by atomic mass is 9.87. The molecule has 1 saturated carbocycles. The van der Waals surface area contributed by atoms with E-state index < -0.39 is 5.92 Å². The summed E-state index contributed by atoms with van der Waals surface area (Å²) in [6.07, 6.45) is 4.75. The Morgan fingerprint density at radius 3 is 1.98 bits per heavy atom. The fourth-order valence-corrected chi connectivity index (χ4v) is 5.01. The molecular weight excluding hydrogens is 496 g/mol. The van der Waals surface area contributed by atoms with Gasteiger partial charge in [-0.1, -0.05) is 113 Å².